The molecule has 3 rings (SSSR count). The molecule has 2 aromatic rings. The average molecular weight is 315 g/mol. The number of aryl methyl sites for hydroxylation is 2. The van der Waals surface area contributed by atoms with Gasteiger partial charge in [-0.25, -0.2) is 4.98 Å². The summed E-state index contributed by atoms with van der Waals surface area (Å²) in [6.45, 7) is 6.36. The molecule has 124 valence electrons. The first kappa shape index (κ1) is 16.0. The summed E-state index contributed by atoms with van der Waals surface area (Å²) >= 11 is 0. The lowest BCUT2D eigenvalue weighted by Gasteiger charge is -2.21. The SMILES string of the molecule is Cc1ccc2[nH]c(CCNC(=O)C[C@H]3CCCOC3)nc2c1C. The molecule has 1 aromatic carbocycles. The third-order valence-corrected chi connectivity index (χ3v) is 4.64. The fourth-order valence-corrected chi connectivity index (χ4v) is 3.11. The number of ether oxygens (including phenoxy) is 1. The van der Waals surface area contributed by atoms with Crippen LogP contribution in [0.1, 0.15) is 36.2 Å². The van der Waals surface area contributed by atoms with Crippen molar-refractivity contribution in [3.8, 4) is 0 Å². The number of rotatable bonds is 5. The third-order valence-electron chi connectivity index (χ3n) is 4.64. The number of aromatic amines is 1. The van der Waals surface area contributed by atoms with Crippen LogP contribution in [-0.4, -0.2) is 35.6 Å². The highest BCUT2D eigenvalue weighted by Gasteiger charge is 2.17. The molecular weight excluding hydrogens is 290 g/mol. The van der Waals surface area contributed by atoms with Crippen LogP contribution >= 0.6 is 0 Å². The lowest BCUT2D eigenvalue weighted by atomic mass is 9.98. The molecule has 1 amide bonds. The summed E-state index contributed by atoms with van der Waals surface area (Å²) in [6.07, 6.45) is 3.45. The van der Waals surface area contributed by atoms with Crippen molar-refractivity contribution < 1.29 is 9.53 Å². The lowest BCUT2D eigenvalue weighted by Crippen LogP contribution is -2.30. The Morgan fingerprint density at radius 2 is 2.30 bits per heavy atom. The first-order valence-corrected chi connectivity index (χ1v) is 8.42. The Kier molecular flexibility index (Phi) is 4.96. The lowest BCUT2D eigenvalue weighted by molar-refractivity contribution is -0.123. The molecule has 0 aliphatic carbocycles. The molecule has 1 atom stereocenters. The Hall–Kier alpha value is -1.88. The molecule has 0 saturated carbocycles. The maximum Gasteiger partial charge on any atom is 0.220 e. The minimum absolute atomic E-state index is 0.114. The minimum atomic E-state index is 0.114. The number of hydrogen-bond donors (Lipinski definition) is 2. The van der Waals surface area contributed by atoms with Crippen LogP contribution in [-0.2, 0) is 16.0 Å². The van der Waals surface area contributed by atoms with Crippen molar-refractivity contribution in [2.24, 2.45) is 5.92 Å². The van der Waals surface area contributed by atoms with Gasteiger partial charge in [-0.1, -0.05) is 6.07 Å². The van der Waals surface area contributed by atoms with Crippen LogP contribution in [0, 0.1) is 19.8 Å². The molecule has 1 aliphatic heterocycles. The molecule has 2 heterocycles. The van der Waals surface area contributed by atoms with Crippen LogP contribution < -0.4 is 5.32 Å². The number of nitrogens with zero attached hydrogens (tertiary/aromatic N) is 1. The molecule has 0 unspecified atom stereocenters. The predicted molar refractivity (Wildman–Crippen MR) is 90.4 cm³/mol. The largest absolute Gasteiger partial charge is 0.381 e. The van der Waals surface area contributed by atoms with Gasteiger partial charge >= 0.3 is 0 Å². The molecule has 2 N–H and O–H groups in total. The Labute approximate surface area is 136 Å². The maximum atomic E-state index is 12.0. The van der Waals surface area contributed by atoms with Crippen molar-refractivity contribution in [1.82, 2.24) is 15.3 Å². The van der Waals surface area contributed by atoms with E-state index in [4.69, 9.17) is 4.74 Å². The van der Waals surface area contributed by atoms with Gasteiger partial charge in [-0.2, -0.15) is 0 Å². The van der Waals surface area contributed by atoms with E-state index in [2.05, 4.69) is 41.3 Å². The molecule has 0 bridgehead atoms. The molecule has 1 fully saturated rings. The quantitative estimate of drug-likeness (QED) is 0.891. The second-order valence-corrected chi connectivity index (χ2v) is 6.47. The Bertz CT molecular complexity index is 687. The van der Waals surface area contributed by atoms with Crippen molar-refractivity contribution in [3.05, 3.63) is 29.1 Å². The number of nitrogens with one attached hydrogen (secondary N) is 2. The number of carbonyl (C=O) groups is 1. The minimum Gasteiger partial charge on any atom is -0.381 e. The van der Waals surface area contributed by atoms with Gasteiger partial charge < -0.3 is 15.0 Å². The van der Waals surface area contributed by atoms with Gasteiger partial charge in [0.05, 0.1) is 11.0 Å². The molecule has 1 aliphatic rings. The van der Waals surface area contributed by atoms with Crippen LogP contribution in [0.4, 0.5) is 0 Å². The first-order valence-electron chi connectivity index (χ1n) is 8.42. The van der Waals surface area contributed by atoms with E-state index in [1.807, 2.05) is 0 Å². The summed E-state index contributed by atoms with van der Waals surface area (Å²) in [5.41, 5.74) is 4.56. The Morgan fingerprint density at radius 3 is 3.09 bits per heavy atom. The van der Waals surface area contributed by atoms with Crippen molar-refractivity contribution >= 4 is 16.9 Å². The van der Waals surface area contributed by atoms with E-state index in [1.165, 1.54) is 11.1 Å². The van der Waals surface area contributed by atoms with Gasteiger partial charge in [0.2, 0.25) is 5.91 Å². The molecule has 0 radical (unpaired) electrons. The zero-order valence-electron chi connectivity index (χ0n) is 13.9. The number of fused-ring (bicyclic) bond motifs is 1. The Morgan fingerprint density at radius 1 is 1.43 bits per heavy atom. The number of amides is 1. The standard InChI is InChI=1S/C18H25N3O2/c1-12-5-6-15-18(13(12)2)21-16(20-15)7-8-19-17(22)10-14-4-3-9-23-11-14/h5-6,14H,3-4,7-11H2,1-2H3,(H,19,22)(H,20,21)/t14-/m1/s1. The van der Waals surface area contributed by atoms with E-state index in [0.717, 1.165) is 49.3 Å². The fraction of sp³-hybridized carbons (Fsp3) is 0.556. The van der Waals surface area contributed by atoms with Crippen molar-refractivity contribution in [2.75, 3.05) is 19.8 Å². The highest BCUT2D eigenvalue weighted by Crippen LogP contribution is 2.19. The van der Waals surface area contributed by atoms with Gasteiger partial charge in [0.25, 0.3) is 0 Å². The van der Waals surface area contributed by atoms with E-state index in [9.17, 15) is 4.79 Å². The molecule has 0 spiro atoms. The number of benzene rings is 1. The van der Waals surface area contributed by atoms with Gasteiger partial charge in [-0.05, 0) is 49.8 Å². The van der Waals surface area contributed by atoms with Crippen molar-refractivity contribution in [2.45, 2.75) is 39.5 Å². The van der Waals surface area contributed by atoms with Crippen LogP contribution in [0.3, 0.4) is 0 Å². The van der Waals surface area contributed by atoms with Gasteiger partial charge in [0.15, 0.2) is 0 Å². The zero-order chi connectivity index (χ0) is 16.2. The predicted octanol–water partition coefficient (Wildman–Crippen LogP) is 2.66. The summed E-state index contributed by atoms with van der Waals surface area (Å²) < 4.78 is 5.42. The van der Waals surface area contributed by atoms with Crippen LogP contribution in [0.5, 0.6) is 0 Å². The molecule has 5 heteroatoms. The zero-order valence-corrected chi connectivity index (χ0v) is 13.9. The smallest absolute Gasteiger partial charge is 0.220 e. The second kappa shape index (κ2) is 7.13. The van der Waals surface area contributed by atoms with Gasteiger partial charge in [-0.3, -0.25) is 4.79 Å². The van der Waals surface area contributed by atoms with E-state index in [-0.39, 0.29) is 5.91 Å². The highest BCUT2D eigenvalue weighted by atomic mass is 16.5. The number of aromatic nitrogens is 2. The van der Waals surface area contributed by atoms with E-state index >= 15 is 0 Å². The second-order valence-electron chi connectivity index (χ2n) is 6.47. The number of carbonyl (C=O) groups excluding carboxylic acids is 1. The highest BCUT2D eigenvalue weighted by molar-refractivity contribution is 5.80. The normalized spacial score (nSPS) is 18.3. The molecule has 1 saturated heterocycles. The van der Waals surface area contributed by atoms with E-state index < -0.39 is 0 Å². The third kappa shape index (κ3) is 3.91. The van der Waals surface area contributed by atoms with Gasteiger partial charge in [-0.15, -0.1) is 0 Å². The van der Waals surface area contributed by atoms with E-state index in [0.29, 0.717) is 18.9 Å². The maximum absolute atomic E-state index is 12.0. The number of imidazole rings is 1. The first-order chi connectivity index (χ1) is 11.1. The van der Waals surface area contributed by atoms with Crippen LogP contribution in [0.15, 0.2) is 12.1 Å². The summed E-state index contributed by atoms with van der Waals surface area (Å²) in [5, 5.41) is 2.99. The van der Waals surface area contributed by atoms with Crippen LogP contribution in [0.2, 0.25) is 0 Å². The fourth-order valence-electron chi connectivity index (χ4n) is 3.11. The number of H-pyrrole nitrogens is 1. The van der Waals surface area contributed by atoms with Crippen molar-refractivity contribution in [1.29, 1.82) is 0 Å². The van der Waals surface area contributed by atoms with Gasteiger partial charge in [0, 0.05) is 32.6 Å². The number of hydrogen-bond acceptors (Lipinski definition) is 3. The van der Waals surface area contributed by atoms with Gasteiger partial charge in [0.1, 0.15) is 5.82 Å². The molecule has 1 aromatic heterocycles. The summed E-state index contributed by atoms with van der Waals surface area (Å²) in [6, 6.07) is 4.17. The summed E-state index contributed by atoms with van der Waals surface area (Å²) in [5.74, 6) is 1.42. The summed E-state index contributed by atoms with van der Waals surface area (Å²) in [4.78, 5) is 20.0. The van der Waals surface area contributed by atoms with E-state index in [1.54, 1.807) is 0 Å². The Balaban J connectivity index is 1.50. The monoisotopic (exact) mass is 315 g/mol. The molecular formula is C18H25N3O2. The molecule has 5 nitrogen and oxygen atoms in total. The van der Waals surface area contributed by atoms with Crippen molar-refractivity contribution in [3.63, 3.8) is 0 Å². The summed E-state index contributed by atoms with van der Waals surface area (Å²) in [7, 11) is 0. The van der Waals surface area contributed by atoms with Crippen LogP contribution in [0.25, 0.3) is 11.0 Å². The average Bonchev–Trinajstić information content (AvgIpc) is 2.96. The topological polar surface area (TPSA) is 67.0 Å². The molecule has 23 heavy (non-hydrogen) atoms.